The largest absolute Gasteiger partial charge is 0.432 e. The van der Waals surface area contributed by atoms with Gasteiger partial charge in [-0.05, 0) is 13.0 Å². The molecule has 1 heterocycles. The Labute approximate surface area is 71.6 Å². The second-order valence-corrected chi connectivity index (χ2v) is 2.38. The summed E-state index contributed by atoms with van der Waals surface area (Å²) in [4.78, 5) is 0. The van der Waals surface area contributed by atoms with Crippen molar-refractivity contribution in [2.45, 2.75) is 13.1 Å². The molecule has 1 aromatic rings. The van der Waals surface area contributed by atoms with E-state index in [0.717, 1.165) is 6.07 Å². The Bertz CT molecular complexity index is 325. The van der Waals surface area contributed by atoms with Crippen LogP contribution in [-0.4, -0.2) is 15.9 Å². The van der Waals surface area contributed by atoms with Gasteiger partial charge in [0, 0.05) is 0 Å². The normalized spacial score (nSPS) is 13.4. The van der Waals surface area contributed by atoms with E-state index in [-0.39, 0.29) is 11.4 Å². The lowest BCUT2D eigenvalue weighted by atomic mass is 10.3. The summed E-state index contributed by atoms with van der Waals surface area (Å²) in [5, 5.41) is 8.47. The molecule has 0 aliphatic heterocycles. The van der Waals surface area contributed by atoms with Gasteiger partial charge in [-0.15, -0.1) is 0 Å². The summed E-state index contributed by atoms with van der Waals surface area (Å²) in [7, 11) is 0. The quantitative estimate of drug-likeness (QED) is 0.397. The highest BCUT2D eigenvalue weighted by atomic mass is 19.4. The summed E-state index contributed by atoms with van der Waals surface area (Å²) < 4.78 is 36.1. The summed E-state index contributed by atoms with van der Waals surface area (Å²) in [6.45, 7) is 1.47. The van der Waals surface area contributed by atoms with Crippen molar-refractivity contribution in [2.24, 2.45) is 10.9 Å². The van der Waals surface area contributed by atoms with Crippen molar-refractivity contribution >= 4 is 5.71 Å². The molecule has 0 aliphatic carbocycles. The van der Waals surface area contributed by atoms with E-state index in [0.29, 0.717) is 0 Å². The molecule has 13 heavy (non-hydrogen) atoms. The SMILES string of the molecule is C/C(=N\N)c1cc(C(F)(F)F)[nH]n1. The van der Waals surface area contributed by atoms with Gasteiger partial charge in [-0.2, -0.15) is 23.4 Å². The van der Waals surface area contributed by atoms with E-state index in [1.54, 1.807) is 0 Å². The Morgan fingerprint density at radius 2 is 2.23 bits per heavy atom. The number of alkyl halides is 3. The van der Waals surface area contributed by atoms with E-state index in [4.69, 9.17) is 5.84 Å². The molecule has 1 aromatic heterocycles. The summed E-state index contributed by atoms with van der Waals surface area (Å²) in [5.41, 5.74) is -0.577. The van der Waals surface area contributed by atoms with Gasteiger partial charge >= 0.3 is 6.18 Å². The lowest BCUT2D eigenvalue weighted by Crippen LogP contribution is -2.04. The first-order valence-electron chi connectivity index (χ1n) is 3.32. The fraction of sp³-hybridized carbons (Fsp3) is 0.333. The van der Waals surface area contributed by atoms with Crippen LogP contribution in [0.15, 0.2) is 11.2 Å². The third-order valence-corrected chi connectivity index (χ3v) is 1.45. The van der Waals surface area contributed by atoms with Crippen molar-refractivity contribution < 1.29 is 13.2 Å². The third kappa shape index (κ3) is 1.98. The molecule has 0 spiro atoms. The van der Waals surface area contributed by atoms with Crippen LogP contribution in [0.1, 0.15) is 18.3 Å². The van der Waals surface area contributed by atoms with Crippen LogP contribution < -0.4 is 5.84 Å². The van der Waals surface area contributed by atoms with E-state index in [2.05, 4.69) is 10.2 Å². The van der Waals surface area contributed by atoms with Crippen molar-refractivity contribution in [3.63, 3.8) is 0 Å². The predicted molar refractivity (Wildman–Crippen MR) is 40.0 cm³/mol. The van der Waals surface area contributed by atoms with Crippen LogP contribution >= 0.6 is 0 Å². The summed E-state index contributed by atoms with van der Waals surface area (Å²) in [6, 6.07) is 0.853. The minimum atomic E-state index is -4.42. The highest BCUT2D eigenvalue weighted by molar-refractivity contribution is 5.96. The first-order valence-corrected chi connectivity index (χ1v) is 3.32. The number of nitrogens with two attached hydrogens (primary N) is 1. The summed E-state index contributed by atoms with van der Waals surface area (Å²) in [6.07, 6.45) is -4.42. The monoisotopic (exact) mass is 192 g/mol. The van der Waals surface area contributed by atoms with Crippen molar-refractivity contribution in [2.75, 3.05) is 0 Å². The Morgan fingerprint density at radius 3 is 2.62 bits per heavy atom. The zero-order valence-electron chi connectivity index (χ0n) is 6.68. The molecule has 72 valence electrons. The molecule has 0 amide bonds. The van der Waals surface area contributed by atoms with E-state index in [9.17, 15) is 13.2 Å². The number of aromatic amines is 1. The molecule has 0 radical (unpaired) electrons. The molecule has 4 nitrogen and oxygen atoms in total. The lowest BCUT2D eigenvalue weighted by molar-refractivity contribution is -0.141. The second-order valence-electron chi connectivity index (χ2n) is 2.38. The minimum Gasteiger partial charge on any atom is -0.323 e. The third-order valence-electron chi connectivity index (χ3n) is 1.45. The molecule has 0 aromatic carbocycles. The van der Waals surface area contributed by atoms with Gasteiger partial charge in [-0.1, -0.05) is 0 Å². The maximum absolute atomic E-state index is 12.0. The second kappa shape index (κ2) is 3.08. The first-order chi connectivity index (χ1) is 5.95. The lowest BCUT2D eigenvalue weighted by Gasteiger charge is -1.99. The topological polar surface area (TPSA) is 67.1 Å². The fourth-order valence-electron chi connectivity index (χ4n) is 0.718. The number of nitrogens with one attached hydrogen (secondary N) is 1. The van der Waals surface area contributed by atoms with Gasteiger partial charge in [0.25, 0.3) is 0 Å². The number of hydrogen-bond acceptors (Lipinski definition) is 3. The molecule has 0 fully saturated rings. The van der Waals surface area contributed by atoms with Gasteiger partial charge in [-0.3, -0.25) is 5.10 Å². The van der Waals surface area contributed by atoms with Gasteiger partial charge in [0.2, 0.25) is 0 Å². The zero-order valence-corrected chi connectivity index (χ0v) is 6.68. The van der Waals surface area contributed by atoms with Crippen molar-refractivity contribution in [3.05, 3.63) is 17.5 Å². The van der Waals surface area contributed by atoms with Crippen LogP contribution in [0.4, 0.5) is 13.2 Å². The van der Waals surface area contributed by atoms with E-state index < -0.39 is 11.9 Å². The Kier molecular flexibility index (Phi) is 2.26. The van der Waals surface area contributed by atoms with Gasteiger partial charge in [0.1, 0.15) is 11.4 Å². The zero-order chi connectivity index (χ0) is 10.1. The number of H-pyrrole nitrogens is 1. The number of aromatic nitrogens is 2. The molecule has 0 bridgehead atoms. The van der Waals surface area contributed by atoms with Crippen LogP contribution in [0, 0.1) is 0 Å². The average Bonchev–Trinajstić information content (AvgIpc) is 2.50. The summed E-state index contributed by atoms with van der Waals surface area (Å²) >= 11 is 0. The Balaban J connectivity index is 3.00. The van der Waals surface area contributed by atoms with Crippen LogP contribution in [0.25, 0.3) is 0 Å². The average molecular weight is 192 g/mol. The highest BCUT2D eigenvalue weighted by Gasteiger charge is 2.33. The maximum atomic E-state index is 12.0. The van der Waals surface area contributed by atoms with Crippen molar-refractivity contribution in [1.29, 1.82) is 0 Å². The molecule has 0 saturated carbocycles. The van der Waals surface area contributed by atoms with Gasteiger partial charge in [-0.25, -0.2) is 0 Å². The van der Waals surface area contributed by atoms with Crippen LogP contribution in [0.5, 0.6) is 0 Å². The molecule has 0 atom stereocenters. The minimum absolute atomic E-state index is 0.0924. The molecule has 0 saturated heterocycles. The van der Waals surface area contributed by atoms with Crippen molar-refractivity contribution in [3.8, 4) is 0 Å². The molecule has 7 heteroatoms. The van der Waals surface area contributed by atoms with Crippen LogP contribution in [-0.2, 0) is 6.18 Å². The highest BCUT2D eigenvalue weighted by Crippen LogP contribution is 2.27. The van der Waals surface area contributed by atoms with E-state index in [1.165, 1.54) is 6.92 Å². The fourth-order valence-corrected chi connectivity index (χ4v) is 0.718. The standard InChI is InChI=1S/C6H7F3N4/c1-3(11-10)4-2-5(13-12-4)6(7,8)9/h2H,10H2,1H3,(H,12,13)/b11-3+. The van der Waals surface area contributed by atoms with Gasteiger partial charge < -0.3 is 5.84 Å². The Hall–Kier alpha value is -1.53. The molecular weight excluding hydrogens is 185 g/mol. The number of hydrogen-bond donors (Lipinski definition) is 2. The number of rotatable bonds is 1. The number of halogens is 3. The van der Waals surface area contributed by atoms with Gasteiger partial charge in [0.05, 0.1) is 5.71 Å². The van der Waals surface area contributed by atoms with Crippen LogP contribution in [0.2, 0.25) is 0 Å². The smallest absolute Gasteiger partial charge is 0.323 e. The predicted octanol–water partition coefficient (Wildman–Crippen LogP) is 1.11. The summed E-state index contributed by atoms with van der Waals surface area (Å²) in [5.74, 6) is 4.88. The maximum Gasteiger partial charge on any atom is 0.432 e. The molecule has 0 aliphatic rings. The van der Waals surface area contributed by atoms with Gasteiger partial charge in [0.15, 0.2) is 0 Å². The molecule has 0 unspecified atom stereocenters. The van der Waals surface area contributed by atoms with Crippen molar-refractivity contribution in [1.82, 2.24) is 10.2 Å². The molecule has 1 rings (SSSR count). The first kappa shape index (κ1) is 9.56. The molecular formula is C6H7F3N4. The Morgan fingerprint density at radius 1 is 1.62 bits per heavy atom. The molecule has 3 N–H and O–H groups in total. The van der Waals surface area contributed by atoms with E-state index >= 15 is 0 Å². The number of nitrogens with zero attached hydrogens (tertiary/aromatic N) is 2. The van der Waals surface area contributed by atoms with E-state index in [1.807, 2.05) is 5.10 Å². The van der Waals surface area contributed by atoms with Crippen LogP contribution in [0.3, 0.4) is 0 Å². The number of hydrazone groups is 1.